The van der Waals surface area contributed by atoms with Crippen molar-refractivity contribution in [1.29, 1.82) is 0 Å². The van der Waals surface area contributed by atoms with Gasteiger partial charge in [0.2, 0.25) is 0 Å². The molecule has 0 radical (unpaired) electrons. The summed E-state index contributed by atoms with van der Waals surface area (Å²) in [6.07, 6.45) is 32.7. The Hall–Kier alpha value is -0.620. The van der Waals surface area contributed by atoms with E-state index in [-0.39, 0.29) is 26.4 Å². The molecule has 0 aliphatic rings. The third-order valence-electron chi connectivity index (χ3n) is 6.07. The molecule has 0 amide bonds. The molecule has 0 unspecified atom stereocenters. The zero-order chi connectivity index (χ0) is 24.1. The molecule has 0 saturated carbocycles. The fourth-order valence-electron chi connectivity index (χ4n) is 4.06. The maximum Gasteiger partial charge on any atom is 0.101 e. The molecule has 0 atom stereocenters. The first-order valence-corrected chi connectivity index (χ1v) is 14.3. The number of hydrogen-bond donors (Lipinski definition) is 2. The number of aliphatic hydroxyl groups is 2. The molecule has 0 aromatic rings. The van der Waals surface area contributed by atoms with Gasteiger partial charge in [-0.3, -0.25) is 0 Å². The second-order valence-corrected chi connectivity index (χ2v) is 9.29. The van der Waals surface area contributed by atoms with Gasteiger partial charge in [-0.05, 0) is 12.8 Å². The molecule has 33 heavy (non-hydrogen) atoms. The predicted octanol–water partition coefficient (Wildman–Crippen LogP) is 7.86. The van der Waals surface area contributed by atoms with Crippen LogP contribution in [-0.2, 0) is 9.68 Å². The van der Waals surface area contributed by atoms with Crippen LogP contribution in [0.3, 0.4) is 0 Å². The van der Waals surface area contributed by atoms with E-state index in [1.807, 2.05) is 6.08 Å². The van der Waals surface area contributed by atoms with Crippen molar-refractivity contribution in [2.24, 2.45) is 0 Å². The lowest BCUT2D eigenvalue weighted by atomic mass is 10.0. The Morgan fingerprint density at radius 2 is 0.848 bits per heavy atom. The normalized spacial score (nSPS) is 11.6. The van der Waals surface area contributed by atoms with Gasteiger partial charge in [0.05, 0.1) is 19.4 Å². The Labute approximate surface area is 205 Å². The Kier molecular flexibility index (Phi) is 28.9. The Morgan fingerprint density at radius 3 is 1.18 bits per heavy atom. The minimum absolute atomic E-state index is 0.0633. The van der Waals surface area contributed by atoms with Gasteiger partial charge in [0.1, 0.15) is 13.2 Å². The molecule has 5 nitrogen and oxygen atoms in total. The monoisotopic (exact) mass is 471 g/mol. The quantitative estimate of drug-likeness (QED) is 0.0898. The van der Waals surface area contributed by atoms with E-state index in [9.17, 15) is 0 Å². The van der Waals surface area contributed by atoms with Crippen molar-refractivity contribution in [3.63, 3.8) is 0 Å². The second kappa shape index (κ2) is 29.4. The smallest absolute Gasteiger partial charge is 0.101 e. The number of aliphatic hydroxyl groups excluding tert-OH is 2. The third-order valence-corrected chi connectivity index (χ3v) is 6.07. The number of nitrogens with zero attached hydrogens (tertiary/aromatic N) is 1. The predicted molar refractivity (Wildman–Crippen MR) is 140 cm³/mol. The van der Waals surface area contributed by atoms with Gasteiger partial charge < -0.3 is 10.2 Å². The van der Waals surface area contributed by atoms with Crippen molar-refractivity contribution in [3.05, 3.63) is 12.3 Å². The van der Waals surface area contributed by atoms with E-state index in [1.54, 1.807) is 6.20 Å². The summed E-state index contributed by atoms with van der Waals surface area (Å²) in [5.41, 5.74) is 0. The van der Waals surface area contributed by atoms with Crippen molar-refractivity contribution in [3.8, 4) is 0 Å². The molecular weight excluding hydrogens is 414 g/mol. The maximum atomic E-state index is 8.81. The van der Waals surface area contributed by atoms with E-state index in [0.717, 1.165) is 6.42 Å². The molecule has 198 valence electrons. The van der Waals surface area contributed by atoms with Crippen LogP contribution in [0, 0.1) is 0 Å². The number of allylic oxidation sites excluding steroid dienone is 1. The van der Waals surface area contributed by atoms with E-state index in [2.05, 4.69) is 6.92 Å². The summed E-state index contributed by atoms with van der Waals surface area (Å²) >= 11 is 0. The zero-order valence-corrected chi connectivity index (χ0v) is 22.0. The van der Waals surface area contributed by atoms with Crippen LogP contribution in [0.4, 0.5) is 0 Å². The first-order valence-electron chi connectivity index (χ1n) is 14.3. The van der Waals surface area contributed by atoms with E-state index < -0.39 is 0 Å². The van der Waals surface area contributed by atoms with Crippen LogP contribution in [0.2, 0.25) is 0 Å². The maximum absolute atomic E-state index is 8.81. The van der Waals surface area contributed by atoms with Crippen molar-refractivity contribution in [1.82, 2.24) is 5.23 Å². The lowest BCUT2D eigenvalue weighted by Crippen LogP contribution is -2.22. The average molecular weight is 472 g/mol. The summed E-state index contributed by atoms with van der Waals surface area (Å²) in [5.74, 6) is 0. The molecule has 0 fully saturated rings. The first-order chi connectivity index (χ1) is 16.3. The molecule has 2 N–H and O–H groups in total. The standard InChI is InChI=1S/C28H57NO4/c1-2-3-4-5-6-7-8-9-10-11-12-13-14-15-16-17-18-19-20-21-22-23-24-29(32-27-25-30)33-28-26-31/h23-24,30-31H,2-22,25-28H2,1H3. The van der Waals surface area contributed by atoms with E-state index in [1.165, 1.54) is 134 Å². The molecule has 0 aromatic heterocycles. The number of hydroxylamine groups is 2. The molecule has 5 heteroatoms. The van der Waals surface area contributed by atoms with Gasteiger partial charge >= 0.3 is 0 Å². The SMILES string of the molecule is CCCCCCCCCCCCCCCCCCCCCCC=CN(OCCO)OCCO. The minimum atomic E-state index is -0.0633. The topological polar surface area (TPSA) is 62.2 Å². The van der Waals surface area contributed by atoms with E-state index >= 15 is 0 Å². The minimum Gasteiger partial charge on any atom is -0.394 e. The molecule has 0 rings (SSSR count). The van der Waals surface area contributed by atoms with Crippen LogP contribution < -0.4 is 0 Å². The Bertz CT molecular complexity index is 371. The highest BCUT2D eigenvalue weighted by Gasteiger charge is 1.99. The summed E-state index contributed by atoms with van der Waals surface area (Å²) < 4.78 is 0. The molecule has 0 bridgehead atoms. The lowest BCUT2D eigenvalue weighted by Gasteiger charge is -2.17. The van der Waals surface area contributed by atoms with Gasteiger partial charge in [-0.25, -0.2) is 9.68 Å². The number of rotatable bonds is 28. The highest BCUT2D eigenvalue weighted by molar-refractivity contribution is 4.76. The van der Waals surface area contributed by atoms with Gasteiger partial charge in [0.25, 0.3) is 0 Å². The largest absolute Gasteiger partial charge is 0.394 e. The van der Waals surface area contributed by atoms with Crippen LogP contribution in [-0.4, -0.2) is 41.9 Å². The summed E-state index contributed by atoms with van der Waals surface area (Å²) in [5, 5.41) is 18.8. The van der Waals surface area contributed by atoms with Crippen LogP contribution in [0.25, 0.3) is 0 Å². The van der Waals surface area contributed by atoms with Gasteiger partial charge in [-0.2, -0.15) is 0 Å². The summed E-state index contributed by atoms with van der Waals surface area (Å²) in [7, 11) is 0. The van der Waals surface area contributed by atoms with Crippen LogP contribution in [0.5, 0.6) is 0 Å². The fourth-order valence-corrected chi connectivity index (χ4v) is 4.06. The first kappa shape index (κ1) is 32.4. The van der Waals surface area contributed by atoms with E-state index in [0.29, 0.717) is 0 Å². The van der Waals surface area contributed by atoms with Gasteiger partial charge in [0.15, 0.2) is 0 Å². The van der Waals surface area contributed by atoms with Crippen molar-refractivity contribution in [2.75, 3.05) is 26.4 Å². The van der Waals surface area contributed by atoms with E-state index in [4.69, 9.17) is 19.9 Å². The van der Waals surface area contributed by atoms with Crippen LogP contribution in [0.1, 0.15) is 142 Å². The molecule has 0 heterocycles. The van der Waals surface area contributed by atoms with Crippen LogP contribution >= 0.6 is 0 Å². The summed E-state index contributed by atoms with van der Waals surface area (Å²) in [6.45, 7) is 2.51. The fraction of sp³-hybridized carbons (Fsp3) is 0.929. The van der Waals surface area contributed by atoms with Gasteiger partial charge in [-0.1, -0.05) is 135 Å². The average Bonchev–Trinajstić information content (AvgIpc) is 2.83. The Balaban J connectivity index is 3.26. The highest BCUT2D eigenvalue weighted by atomic mass is 16.9. The van der Waals surface area contributed by atoms with Crippen molar-refractivity contribution >= 4 is 0 Å². The van der Waals surface area contributed by atoms with Crippen molar-refractivity contribution in [2.45, 2.75) is 142 Å². The van der Waals surface area contributed by atoms with Crippen LogP contribution in [0.15, 0.2) is 12.3 Å². The summed E-state index contributed by atoms with van der Waals surface area (Å²) in [4.78, 5) is 10.4. The molecule has 0 aliphatic carbocycles. The number of hydrogen-bond acceptors (Lipinski definition) is 5. The lowest BCUT2D eigenvalue weighted by molar-refractivity contribution is -0.339. The van der Waals surface area contributed by atoms with Gasteiger partial charge in [0, 0.05) is 0 Å². The zero-order valence-electron chi connectivity index (χ0n) is 22.0. The Morgan fingerprint density at radius 1 is 0.515 bits per heavy atom. The third kappa shape index (κ3) is 27.5. The molecule has 0 aliphatic heterocycles. The highest BCUT2D eigenvalue weighted by Crippen LogP contribution is 2.15. The molecule has 0 spiro atoms. The van der Waals surface area contributed by atoms with Gasteiger partial charge in [-0.15, -0.1) is 5.23 Å². The molecule has 0 saturated heterocycles. The number of unbranched alkanes of at least 4 members (excludes halogenated alkanes) is 20. The molecular formula is C28H57NO4. The molecule has 0 aromatic carbocycles. The second-order valence-electron chi connectivity index (χ2n) is 9.29. The van der Waals surface area contributed by atoms with Crippen molar-refractivity contribution < 1.29 is 19.9 Å². The summed E-state index contributed by atoms with van der Waals surface area (Å²) in [6, 6.07) is 0.